The minimum absolute atomic E-state index is 0.0820. The molecule has 214 valence electrons. The summed E-state index contributed by atoms with van der Waals surface area (Å²) in [5.41, 5.74) is 2.49. The van der Waals surface area contributed by atoms with E-state index in [4.69, 9.17) is 26.1 Å². The highest BCUT2D eigenvalue weighted by molar-refractivity contribution is 6.35. The van der Waals surface area contributed by atoms with Gasteiger partial charge >= 0.3 is 0 Å². The van der Waals surface area contributed by atoms with Gasteiger partial charge in [0.2, 0.25) is 11.9 Å². The van der Waals surface area contributed by atoms with Crippen LogP contribution in [0.25, 0.3) is 33.0 Å². The molecule has 4 aromatic rings. The van der Waals surface area contributed by atoms with Gasteiger partial charge in [-0.1, -0.05) is 29.4 Å². The maximum atomic E-state index is 16.8. The van der Waals surface area contributed by atoms with Crippen LogP contribution in [0, 0.1) is 12.7 Å². The number of hydrogen-bond donors (Lipinski definition) is 0. The van der Waals surface area contributed by atoms with Crippen LogP contribution in [0.5, 0.6) is 0 Å². The number of anilines is 2. The number of aryl methyl sites for hydroxylation is 1. The van der Waals surface area contributed by atoms with Gasteiger partial charge in [0.15, 0.2) is 11.4 Å². The Balaban J connectivity index is 1.54. The summed E-state index contributed by atoms with van der Waals surface area (Å²) in [6, 6.07) is 5.63. The van der Waals surface area contributed by atoms with Crippen molar-refractivity contribution >= 4 is 51.1 Å². The lowest BCUT2D eigenvalue weighted by molar-refractivity contribution is -0.128. The van der Waals surface area contributed by atoms with Gasteiger partial charge in [0.25, 0.3) is 0 Å². The molecule has 0 saturated carbocycles. The van der Waals surface area contributed by atoms with Gasteiger partial charge in [0, 0.05) is 66.2 Å². The highest BCUT2D eigenvalue weighted by atomic mass is 35.5. The van der Waals surface area contributed by atoms with Crippen molar-refractivity contribution in [2.45, 2.75) is 38.9 Å². The van der Waals surface area contributed by atoms with E-state index >= 15 is 4.39 Å². The maximum absolute atomic E-state index is 16.8. The first-order chi connectivity index (χ1) is 19.6. The minimum Gasteiger partial charge on any atom is -0.356 e. The maximum Gasteiger partial charge on any atom is 0.246 e. The molecule has 4 heterocycles. The molecule has 9 nitrogen and oxygen atoms in total. The highest BCUT2D eigenvalue weighted by Crippen LogP contribution is 2.43. The van der Waals surface area contributed by atoms with Crippen molar-refractivity contribution in [1.82, 2.24) is 24.9 Å². The summed E-state index contributed by atoms with van der Waals surface area (Å²) in [4.78, 5) is 30.5. The van der Waals surface area contributed by atoms with Crippen molar-refractivity contribution in [1.29, 1.82) is 0 Å². The largest absolute Gasteiger partial charge is 0.356 e. The first-order valence-electron chi connectivity index (χ1n) is 13.7. The van der Waals surface area contributed by atoms with Gasteiger partial charge in [-0.05, 0) is 58.6 Å². The third-order valence-electron chi connectivity index (χ3n) is 8.44. The summed E-state index contributed by atoms with van der Waals surface area (Å²) < 4.78 is 22.2. The van der Waals surface area contributed by atoms with Crippen molar-refractivity contribution in [3.8, 4) is 11.1 Å². The molecular formula is C30H33ClFN7O2. The lowest BCUT2D eigenvalue weighted by Crippen LogP contribution is -2.59. The molecule has 0 unspecified atom stereocenters. The van der Waals surface area contributed by atoms with Crippen molar-refractivity contribution < 1.29 is 13.7 Å². The summed E-state index contributed by atoms with van der Waals surface area (Å²) in [5, 5.41) is 5.39. The Hall–Kier alpha value is -3.76. The third kappa shape index (κ3) is 4.49. The summed E-state index contributed by atoms with van der Waals surface area (Å²) in [6.07, 6.45) is 2.93. The molecule has 0 aliphatic carbocycles. The zero-order chi connectivity index (χ0) is 29.2. The van der Waals surface area contributed by atoms with Crippen molar-refractivity contribution in [3.63, 3.8) is 0 Å². The Bertz CT molecular complexity index is 1680. The number of benzene rings is 2. The molecule has 0 radical (unpaired) electrons. The zero-order valence-corrected chi connectivity index (χ0v) is 24.6. The van der Waals surface area contributed by atoms with E-state index < -0.39 is 5.82 Å². The number of hydrogen-bond acceptors (Lipinski definition) is 8. The van der Waals surface area contributed by atoms with Gasteiger partial charge in [-0.3, -0.25) is 4.79 Å². The normalized spacial score (nSPS) is 19.9. The highest BCUT2D eigenvalue weighted by Gasteiger charge is 2.36. The lowest BCUT2D eigenvalue weighted by atomic mass is 9.95. The van der Waals surface area contributed by atoms with E-state index in [0.29, 0.717) is 52.8 Å². The second-order valence-corrected chi connectivity index (χ2v) is 11.8. The summed E-state index contributed by atoms with van der Waals surface area (Å²) in [7, 11) is 4.09. The molecule has 11 heteroatoms. The second kappa shape index (κ2) is 10.3. The average Bonchev–Trinajstić information content (AvgIpc) is 3.38. The Morgan fingerprint density at radius 1 is 1.12 bits per heavy atom. The van der Waals surface area contributed by atoms with E-state index in [1.165, 1.54) is 6.08 Å². The standard InChI is InChI=1S/C30H33ClFN7O2/c1-7-24(40)38-12-18(4)39(13-17(38)3)29-20-10-22(31)26(25-16(2)8-9-23-21(25)11-33-41-23)27(32)28(20)34-30(35-29)37-14-19(15-37)36(5)6/h7-11,17-19H,1,12-15H2,2-6H3/t17-,18+/m1/s1. The molecule has 6 rings (SSSR count). The van der Waals surface area contributed by atoms with Crippen molar-refractivity contribution in [3.05, 3.63) is 53.5 Å². The van der Waals surface area contributed by atoms with Gasteiger partial charge in [-0.2, -0.15) is 4.98 Å². The number of carbonyl (C=O) groups is 1. The van der Waals surface area contributed by atoms with Crippen LogP contribution in [0.2, 0.25) is 5.02 Å². The smallest absolute Gasteiger partial charge is 0.246 e. The Labute approximate surface area is 243 Å². The number of piperazine rings is 1. The van der Waals surface area contributed by atoms with E-state index in [2.05, 4.69) is 26.4 Å². The molecule has 2 aromatic carbocycles. The molecule has 41 heavy (non-hydrogen) atoms. The predicted octanol–water partition coefficient (Wildman–Crippen LogP) is 4.90. The zero-order valence-electron chi connectivity index (χ0n) is 23.9. The Morgan fingerprint density at radius 3 is 2.59 bits per heavy atom. The first-order valence-corrected chi connectivity index (χ1v) is 14.1. The number of aromatic nitrogens is 3. The summed E-state index contributed by atoms with van der Waals surface area (Å²) >= 11 is 6.89. The fourth-order valence-electron chi connectivity index (χ4n) is 5.93. The second-order valence-electron chi connectivity index (χ2n) is 11.4. The van der Waals surface area contributed by atoms with E-state index in [0.717, 1.165) is 18.7 Å². The Morgan fingerprint density at radius 2 is 1.88 bits per heavy atom. The molecular weight excluding hydrogens is 545 g/mol. The summed E-state index contributed by atoms with van der Waals surface area (Å²) in [6.45, 7) is 12.1. The van der Waals surface area contributed by atoms with Crippen LogP contribution in [0.3, 0.4) is 0 Å². The molecule has 0 N–H and O–H groups in total. The van der Waals surface area contributed by atoms with Crippen LogP contribution < -0.4 is 9.80 Å². The fourth-order valence-corrected chi connectivity index (χ4v) is 6.22. The lowest BCUT2D eigenvalue weighted by Gasteiger charge is -2.45. The molecule has 2 atom stereocenters. The molecule has 2 aliphatic rings. The first kappa shape index (κ1) is 27.4. The molecule has 2 aromatic heterocycles. The van der Waals surface area contributed by atoms with Gasteiger partial charge in [-0.15, -0.1) is 0 Å². The van der Waals surface area contributed by atoms with Crippen LogP contribution >= 0.6 is 11.6 Å². The van der Waals surface area contributed by atoms with E-state index in [1.54, 1.807) is 12.3 Å². The van der Waals surface area contributed by atoms with Crippen LogP contribution in [-0.4, -0.2) is 89.2 Å². The molecule has 2 aliphatic heterocycles. The molecule has 0 bridgehead atoms. The molecule has 0 spiro atoms. The van der Waals surface area contributed by atoms with Crippen LogP contribution in [-0.2, 0) is 4.79 Å². The SMILES string of the molecule is C=CC(=O)N1C[C@H](C)N(c2nc(N3CC(N(C)C)C3)nc3c(F)c(-c4c(C)ccc5oncc45)c(Cl)cc23)C[C@H]1C. The van der Waals surface area contributed by atoms with Crippen molar-refractivity contribution in [2.75, 3.05) is 50.1 Å². The van der Waals surface area contributed by atoms with E-state index in [9.17, 15) is 4.79 Å². The number of carbonyl (C=O) groups excluding carboxylic acids is 1. The number of halogens is 2. The minimum atomic E-state index is -0.514. The molecule has 1 amide bonds. The van der Waals surface area contributed by atoms with Gasteiger partial charge < -0.3 is 24.1 Å². The third-order valence-corrected chi connectivity index (χ3v) is 8.74. The molecule has 2 saturated heterocycles. The monoisotopic (exact) mass is 577 g/mol. The number of rotatable bonds is 5. The van der Waals surface area contributed by atoms with Gasteiger partial charge in [0.05, 0.1) is 11.2 Å². The summed E-state index contributed by atoms with van der Waals surface area (Å²) in [5.74, 6) is 0.461. The number of nitrogens with zero attached hydrogens (tertiary/aromatic N) is 7. The van der Waals surface area contributed by atoms with Crippen molar-refractivity contribution in [2.24, 2.45) is 0 Å². The van der Waals surface area contributed by atoms with E-state index in [1.807, 2.05) is 51.9 Å². The number of fused-ring (bicyclic) bond motifs is 2. The average molecular weight is 578 g/mol. The van der Waals surface area contributed by atoms with Crippen LogP contribution in [0.15, 0.2) is 41.6 Å². The van der Waals surface area contributed by atoms with E-state index in [-0.39, 0.29) is 34.1 Å². The predicted molar refractivity (Wildman–Crippen MR) is 160 cm³/mol. The van der Waals surface area contributed by atoms with Gasteiger partial charge in [-0.25, -0.2) is 9.37 Å². The van der Waals surface area contributed by atoms with Crippen LogP contribution in [0.1, 0.15) is 19.4 Å². The molecule has 2 fully saturated rings. The van der Waals surface area contributed by atoms with Crippen LogP contribution in [0.4, 0.5) is 16.2 Å². The topological polar surface area (TPSA) is 81.8 Å². The number of likely N-dealkylation sites (N-methyl/N-ethyl adjacent to an activating group) is 1. The number of amides is 1. The van der Waals surface area contributed by atoms with Gasteiger partial charge in [0.1, 0.15) is 11.3 Å². The quantitative estimate of drug-likeness (QED) is 0.310. The fraction of sp³-hybridized carbons (Fsp3) is 0.400. The Kier molecular flexibility index (Phi) is 6.86.